The Hall–Kier alpha value is -3.49. The third-order valence-corrected chi connectivity index (χ3v) is 4.02. The van der Waals surface area contributed by atoms with Crippen molar-refractivity contribution in [2.75, 3.05) is 10.6 Å². The Morgan fingerprint density at radius 2 is 1.86 bits per heavy atom. The van der Waals surface area contributed by atoms with Crippen LogP contribution in [0.3, 0.4) is 0 Å². The molecule has 2 amide bonds. The van der Waals surface area contributed by atoms with E-state index < -0.39 is 0 Å². The molecule has 146 valence electrons. The van der Waals surface area contributed by atoms with E-state index in [1.807, 2.05) is 26.1 Å². The molecular formula is C19H21FN6O2. The molecule has 0 saturated heterocycles. The van der Waals surface area contributed by atoms with E-state index in [1.54, 1.807) is 10.9 Å². The lowest BCUT2D eigenvalue weighted by Gasteiger charge is -2.11. The number of hydrogen-bond acceptors (Lipinski definition) is 4. The lowest BCUT2D eigenvalue weighted by Crippen LogP contribution is -2.24. The molecule has 9 heteroatoms. The Kier molecular flexibility index (Phi) is 5.83. The molecule has 0 aliphatic heterocycles. The Bertz CT molecular complexity index is 963. The van der Waals surface area contributed by atoms with E-state index in [9.17, 15) is 14.0 Å². The van der Waals surface area contributed by atoms with Gasteiger partial charge in [-0.25, -0.2) is 4.39 Å². The summed E-state index contributed by atoms with van der Waals surface area (Å²) in [5.41, 5.74) is 1.89. The highest BCUT2D eigenvalue weighted by Crippen LogP contribution is 2.11. The highest BCUT2D eigenvalue weighted by Gasteiger charge is 2.15. The topological polar surface area (TPSA) is 93.8 Å². The Morgan fingerprint density at radius 1 is 1.11 bits per heavy atom. The molecular weight excluding hydrogens is 363 g/mol. The van der Waals surface area contributed by atoms with Crippen LogP contribution in [0.5, 0.6) is 0 Å². The van der Waals surface area contributed by atoms with Crippen LogP contribution < -0.4 is 10.6 Å². The number of anilines is 2. The van der Waals surface area contributed by atoms with Crippen molar-refractivity contribution in [2.24, 2.45) is 5.92 Å². The highest BCUT2D eigenvalue weighted by atomic mass is 19.1. The summed E-state index contributed by atoms with van der Waals surface area (Å²) in [5.74, 6) is -1.13. The molecule has 2 aromatic heterocycles. The van der Waals surface area contributed by atoms with Crippen LogP contribution in [0, 0.1) is 18.7 Å². The molecule has 0 fully saturated rings. The number of nitrogens with one attached hydrogen (secondary N) is 2. The SMILES string of the molecule is Cc1ccn(C[C@H](C)C(=O)Nc2cnn(CC(=O)Nc3ccc(F)cc3)c2)n1. The van der Waals surface area contributed by atoms with Crippen LogP contribution in [-0.2, 0) is 22.7 Å². The van der Waals surface area contributed by atoms with E-state index in [1.165, 1.54) is 35.1 Å². The molecule has 0 saturated carbocycles. The predicted molar refractivity (Wildman–Crippen MR) is 102 cm³/mol. The average Bonchev–Trinajstić information content (AvgIpc) is 3.25. The number of rotatable bonds is 7. The van der Waals surface area contributed by atoms with Crippen molar-refractivity contribution >= 4 is 23.2 Å². The molecule has 2 heterocycles. The van der Waals surface area contributed by atoms with Gasteiger partial charge in [0.15, 0.2) is 0 Å². The summed E-state index contributed by atoms with van der Waals surface area (Å²) < 4.78 is 16.0. The Balaban J connectivity index is 1.50. The van der Waals surface area contributed by atoms with Gasteiger partial charge in [-0.15, -0.1) is 0 Å². The molecule has 0 unspecified atom stereocenters. The summed E-state index contributed by atoms with van der Waals surface area (Å²) in [6, 6.07) is 7.37. The van der Waals surface area contributed by atoms with Gasteiger partial charge in [0.1, 0.15) is 12.4 Å². The van der Waals surface area contributed by atoms with Gasteiger partial charge >= 0.3 is 0 Å². The first-order valence-electron chi connectivity index (χ1n) is 8.78. The molecule has 3 rings (SSSR count). The second-order valence-corrected chi connectivity index (χ2v) is 6.55. The number of amides is 2. The quantitative estimate of drug-likeness (QED) is 0.654. The highest BCUT2D eigenvalue weighted by molar-refractivity contribution is 5.92. The molecule has 1 atom stereocenters. The van der Waals surface area contributed by atoms with Crippen molar-refractivity contribution in [3.8, 4) is 0 Å². The first-order valence-corrected chi connectivity index (χ1v) is 8.78. The van der Waals surface area contributed by atoms with Gasteiger partial charge in [-0.1, -0.05) is 6.92 Å². The normalized spacial score (nSPS) is 11.8. The van der Waals surface area contributed by atoms with Gasteiger partial charge in [0, 0.05) is 18.1 Å². The van der Waals surface area contributed by atoms with Crippen LogP contribution in [0.15, 0.2) is 48.9 Å². The minimum absolute atomic E-state index is 0.0324. The fourth-order valence-corrected chi connectivity index (χ4v) is 2.59. The molecule has 0 bridgehead atoms. The van der Waals surface area contributed by atoms with Crippen molar-refractivity contribution in [3.63, 3.8) is 0 Å². The van der Waals surface area contributed by atoms with Crippen LogP contribution in [0.2, 0.25) is 0 Å². The van der Waals surface area contributed by atoms with Gasteiger partial charge in [-0.3, -0.25) is 19.0 Å². The number of nitrogens with zero attached hydrogens (tertiary/aromatic N) is 4. The number of aryl methyl sites for hydroxylation is 1. The minimum atomic E-state index is -0.373. The third kappa shape index (κ3) is 5.26. The fourth-order valence-electron chi connectivity index (χ4n) is 2.59. The zero-order valence-corrected chi connectivity index (χ0v) is 15.6. The summed E-state index contributed by atoms with van der Waals surface area (Å²) in [6.07, 6.45) is 4.89. The summed E-state index contributed by atoms with van der Waals surface area (Å²) in [4.78, 5) is 24.4. The number of carbonyl (C=O) groups excluding carboxylic acids is 2. The minimum Gasteiger partial charge on any atom is -0.324 e. The molecule has 28 heavy (non-hydrogen) atoms. The fraction of sp³-hybridized carbons (Fsp3) is 0.263. The molecule has 1 aromatic carbocycles. The van der Waals surface area contributed by atoms with Crippen LogP contribution in [0.25, 0.3) is 0 Å². The summed E-state index contributed by atoms with van der Waals surface area (Å²) >= 11 is 0. The molecule has 3 aromatic rings. The lowest BCUT2D eigenvalue weighted by atomic mass is 10.1. The van der Waals surface area contributed by atoms with Gasteiger partial charge in [0.25, 0.3) is 0 Å². The summed E-state index contributed by atoms with van der Waals surface area (Å²) in [7, 11) is 0. The molecule has 0 aliphatic rings. The molecule has 0 aliphatic carbocycles. The van der Waals surface area contributed by atoms with E-state index in [-0.39, 0.29) is 30.1 Å². The maximum Gasteiger partial charge on any atom is 0.246 e. The van der Waals surface area contributed by atoms with E-state index in [4.69, 9.17) is 0 Å². The molecule has 8 nitrogen and oxygen atoms in total. The van der Waals surface area contributed by atoms with Crippen molar-refractivity contribution in [1.29, 1.82) is 0 Å². The van der Waals surface area contributed by atoms with Gasteiger partial charge in [-0.2, -0.15) is 10.2 Å². The zero-order valence-electron chi connectivity index (χ0n) is 15.6. The first-order chi connectivity index (χ1) is 13.4. The largest absolute Gasteiger partial charge is 0.324 e. The number of halogens is 1. The first kappa shape index (κ1) is 19.3. The zero-order chi connectivity index (χ0) is 20.1. The van der Waals surface area contributed by atoms with Crippen molar-refractivity contribution in [1.82, 2.24) is 19.6 Å². The van der Waals surface area contributed by atoms with Crippen molar-refractivity contribution < 1.29 is 14.0 Å². The second kappa shape index (κ2) is 8.47. The molecule has 0 radical (unpaired) electrons. The molecule has 0 spiro atoms. The maximum atomic E-state index is 12.9. The van der Waals surface area contributed by atoms with E-state index >= 15 is 0 Å². The van der Waals surface area contributed by atoms with E-state index in [0.717, 1.165) is 5.69 Å². The van der Waals surface area contributed by atoms with Gasteiger partial charge in [0.05, 0.1) is 30.0 Å². The van der Waals surface area contributed by atoms with Crippen molar-refractivity contribution in [2.45, 2.75) is 26.9 Å². The number of benzene rings is 1. The Morgan fingerprint density at radius 3 is 2.54 bits per heavy atom. The second-order valence-electron chi connectivity index (χ2n) is 6.55. The number of carbonyl (C=O) groups is 2. The summed E-state index contributed by atoms with van der Waals surface area (Å²) in [6.45, 7) is 4.14. The van der Waals surface area contributed by atoms with Gasteiger partial charge in [0.2, 0.25) is 11.8 Å². The maximum absolute atomic E-state index is 12.9. The van der Waals surface area contributed by atoms with E-state index in [2.05, 4.69) is 20.8 Å². The van der Waals surface area contributed by atoms with E-state index in [0.29, 0.717) is 17.9 Å². The Labute approximate surface area is 161 Å². The van der Waals surface area contributed by atoms with Gasteiger partial charge < -0.3 is 10.6 Å². The van der Waals surface area contributed by atoms with Crippen LogP contribution in [-0.4, -0.2) is 31.4 Å². The third-order valence-electron chi connectivity index (χ3n) is 4.02. The lowest BCUT2D eigenvalue weighted by molar-refractivity contribution is -0.120. The van der Waals surface area contributed by atoms with Crippen molar-refractivity contribution in [3.05, 3.63) is 60.4 Å². The average molecular weight is 384 g/mol. The standard InChI is InChI=1S/C19H21FN6O2/c1-13(10-25-8-7-14(2)24-25)19(28)23-17-9-21-26(11-17)12-18(27)22-16-5-3-15(20)4-6-16/h3-9,11,13H,10,12H2,1-2H3,(H,22,27)(H,23,28)/t13-/m0/s1. The van der Waals surface area contributed by atoms with Gasteiger partial charge in [-0.05, 0) is 37.3 Å². The summed E-state index contributed by atoms with van der Waals surface area (Å²) in [5, 5.41) is 13.8. The predicted octanol–water partition coefficient (Wildman–Crippen LogP) is 2.44. The number of hydrogen-bond donors (Lipinski definition) is 2. The van der Waals surface area contributed by atoms with Crippen LogP contribution in [0.1, 0.15) is 12.6 Å². The number of aromatic nitrogens is 4. The van der Waals surface area contributed by atoms with Crippen LogP contribution >= 0.6 is 0 Å². The monoisotopic (exact) mass is 384 g/mol. The smallest absolute Gasteiger partial charge is 0.246 e. The van der Waals surface area contributed by atoms with Crippen LogP contribution in [0.4, 0.5) is 15.8 Å². The molecule has 2 N–H and O–H groups in total.